The van der Waals surface area contributed by atoms with Crippen LogP contribution in [0.2, 0.25) is 0 Å². The van der Waals surface area contributed by atoms with Crippen molar-refractivity contribution in [2.24, 2.45) is 11.5 Å². The van der Waals surface area contributed by atoms with Crippen LogP contribution in [0.25, 0.3) is 10.9 Å². The number of aromatic nitrogens is 3. The van der Waals surface area contributed by atoms with Crippen LogP contribution in [0.1, 0.15) is 29.8 Å². The molecule has 1 saturated carbocycles. The molecule has 0 bridgehead atoms. The summed E-state index contributed by atoms with van der Waals surface area (Å²) in [6.07, 6.45) is 3.55. The van der Waals surface area contributed by atoms with Gasteiger partial charge in [-0.25, -0.2) is 18.7 Å². The lowest BCUT2D eigenvalue weighted by atomic mass is 9.87. The van der Waals surface area contributed by atoms with Crippen LogP contribution < -0.4 is 22.1 Å². The van der Waals surface area contributed by atoms with Crippen molar-refractivity contribution in [3.05, 3.63) is 48.4 Å². The van der Waals surface area contributed by atoms with Gasteiger partial charge in [0.1, 0.15) is 5.82 Å². The van der Waals surface area contributed by atoms with Gasteiger partial charge in [0.05, 0.1) is 17.8 Å². The van der Waals surface area contributed by atoms with E-state index < -0.39 is 23.9 Å². The lowest BCUT2D eigenvalue weighted by Crippen LogP contribution is -2.55. The van der Waals surface area contributed by atoms with E-state index in [2.05, 4.69) is 25.6 Å². The molecule has 3 aromatic rings. The molecule has 2 aromatic heterocycles. The number of hydrogen-bond acceptors (Lipinski definition) is 7. The Morgan fingerprint density at radius 3 is 2.87 bits per heavy atom. The summed E-state index contributed by atoms with van der Waals surface area (Å²) in [6.45, 7) is 0. The van der Waals surface area contributed by atoms with Gasteiger partial charge in [0, 0.05) is 29.7 Å². The first-order valence-corrected chi connectivity index (χ1v) is 9.52. The van der Waals surface area contributed by atoms with E-state index in [-0.39, 0.29) is 23.8 Å². The minimum atomic E-state index is -2.95. The SMILES string of the molecule is NC(=O)c1ncc(NC2CCCC(F)(F)C2N)nc1Nc1ccc2cccnc2c1. The Kier molecular flexibility index (Phi) is 5.17. The van der Waals surface area contributed by atoms with Crippen LogP contribution >= 0.6 is 0 Å². The number of amides is 1. The molecule has 6 N–H and O–H groups in total. The number of nitrogens with one attached hydrogen (secondary N) is 2. The minimum absolute atomic E-state index is 0.0695. The zero-order chi connectivity index (χ0) is 21.3. The zero-order valence-corrected chi connectivity index (χ0v) is 16.0. The first-order chi connectivity index (χ1) is 14.3. The molecule has 0 aliphatic heterocycles. The first kappa shape index (κ1) is 19.9. The normalized spacial score (nSPS) is 20.6. The molecule has 1 fully saturated rings. The van der Waals surface area contributed by atoms with Gasteiger partial charge in [-0.15, -0.1) is 0 Å². The Morgan fingerprint density at radius 1 is 1.23 bits per heavy atom. The van der Waals surface area contributed by atoms with Gasteiger partial charge in [-0.2, -0.15) is 0 Å². The molecule has 8 nitrogen and oxygen atoms in total. The average Bonchev–Trinajstić information content (AvgIpc) is 2.71. The molecule has 1 aromatic carbocycles. The third-order valence-corrected chi connectivity index (χ3v) is 5.15. The number of anilines is 3. The summed E-state index contributed by atoms with van der Waals surface area (Å²) in [4.78, 5) is 24.5. The van der Waals surface area contributed by atoms with Crippen LogP contribution in [0.15, 0.2) is 42.7 Å². The molecule has 1 aliphatic rings. The summed E-state index contributed by atoms with van der Waals surface area (Å²) < 4.78 is 27.9. The van der Waals surface area contributed by atoms with E-state index in [9.17, 15) is 13.6 Å². The van der Waals surface area contributed by atoms with Gasteiger partial charge < -0.3 is 22.1 Å². The molecule has 30 heavy (non-hydrogen) atoms. The third-order valence-electron chi connectivity index (χ3n) is 5.15. The molecule has 2 atom stereocenters. The van der Waals surface area contributed by atoms with Crippen molar-refractivity contribution in [1.29, 1.82) is 0 Å². The molecule has 156 valence electrons. The molecule has 4 rings (SSSR count). The topological polar surface area (TPSA) is 132 Å². The first-order valence-electron chi connectivity index (χ1n) is 9.52. The molecule has 0 radical (unpaired) electrons. The standard InChI is InChI=1S/C20H21F2N7O/c21-20(22)7-1-4-13(17(20)23)28-15-10-26-16(18(24)30)19(29-15)27-12-6-5-11-3-2-8-25-14(11)9-12/h2-3,5-6,8-10,13,17H,1,4,7,23H2,(H2,24,30)(H2,27,28,29). The third kappa shape index (κ3) is 3.99. The zero-order valence-electron chi connectivity index (χ0n) is 16.0. The number of primary amides is 1. The number of rotatable bonds is 5. The fourth-order valence-electron chi connectivity index (χ4n) is 3.56. The number of nitrogens with zero attached hydrogens (tertiary/aromatic N) is 3. The summed E-state index contributed by atoms with van der Waals surface area (Å²) >= 11 is 0. The van der Waals surface area contributed by atoms with E-state index in [0.717, 1.165) is 10.9 Å². The Bertz CT molecular complexity index is 1090. The Morgan fingerprint density at radius 2 is 2.07 bits per heavy atom. The predicted octanol–water partition coefficient (Wildman–Crippen LogP) is 2.79. The fourth-order valence-corrected chi connectivity index (χ4v) is 3.56. The molecular formula is C20H21F2N7O. The van der Waals surface area contributed by atoms with Crippen molar-refractivity contribution in [3.63, 3.8) is 0 Å². The van der Waals surface area contributed by atoms with Gasteiger partial charge in [0.15, 0.2) is 11.5 Å². The minimum Gasteiger partial charge on any atom is -0.364 e. The van der Waals surface area contributed by atoms with Crippen molar-refractivity contribution in [3.8, 4) is 0 Å². The van der Waals surface area contributed by atoms with E-state index in [0.29, 0.717) is 18.5 Å². The molecule has 2 heterocycles. The Balaban J connectivity index is 1.62. The molecule has 0 saturated heterocycles. The molecule has 2 unspecified atom stereocenters. The monoisotopic (exact) mass is 413 g/mol. The number of halogens is 2. The summed E-state index contributed by atoms with van der Waals surface area (Å²) in [7, 11) is 0. The number of fused-ring (bicyclic) bond motifs is 1. The van der Waals surface area contributed by atoms with E-state index in [4.69, 9.17) is 11.5 Å². The van der Waals surface area contributed by atoms with Gasteiger partial charge in [0.2, 0.25) is 0 Å². The lowest BCUT2D eigenvalue weighted by Gasteiger charge is -2.36. The number of carbonyl (C=O) groups is 1. The molecule has 0 spiro atoms. The van der Waals surface area contributed by atoms with Gasteiger partial charge in [-0.05, 0) is 31.0 Å². The Hall–Kier alpha value is -3.40. The number of hydrogen-bond donors (Lipinski definition) is 4. The van der Waals surface area contributed by atoms with Crippen LogP contribution in [-0.4, -0.2) is 38.9 Å². The van der Waals surface area contributed by atoms with Crippen LogP contribution in [0, 0.1) is 0 Å². The van der Waals surface area contributed by atoms with Crippen LogP contribution in [0.3, 0.4) is 0 Å². The summed E-state index contributed by atoms with van der Waals surface area (Å²) in [5.41, 5.74) is 12.5. The summed E-state index contributed by atoms with van der Waals surface area (Å²) in [5, 5.41) is 6.89. The maximum absolute atomic E-state index is 13.9. The van der Waals surface area contributed by atoms with Gasteiger partial charge >= 0.3 is 0 Å². The van der Waals surface area contributed by atoms with E-state index in [1.165, 1.54) is 6.20 Å². The Labute approximate surface area is 171 Å². The molecular weight excluding hydrogens is 392 g/mol. The lowest BCUT2D eigenvalue weighted by molar-refractivity contribution is -0.0554. The highest BCUT2D eigenvalue weighted by atomic mass is 19.3. The van der Waals surface area contributed by atoms with Crippen molar-refractivity contribution in [2.45, 2.75) is 37.3 Å². The van der Waals surface area contributed by atoms with Crippen LogP contribution in [-0.2, 0) is 0 Å². The van der Waals surface area contributed by atoms with E-state index in [1.54, 1.807) is 18.3 Å². The van der Waals surface area contributed by atoms with Crippen molar-refractivity contribution in [2.75, 3.05) is 10.6 Å². The number of pyridine rings is 1. The van der Waals surface area contributed by atoms with E-state index >= 15 is 0 Å². The van der Waals surface area contributed by atoms with Crippen LogP contribution in [0.5, 0.6) is 0 Å². The highest BCUT2D eigenvalue weighted by Gasteiger charge is 2.44. The number of nitrogens with two attached hydrogens (primary N) is 2. The molecule has 1 aliphatic carbocycles. The maximum atomic E-state index is 13.9. The molecule has 10 heteroatoms. The second kappa shape index (κ2) is 7.79. The maximum Gasteiger partial charge on any atom is 0.271 e. The van der Waals surface area contributed by atoms with Gasteiger partial charge in [0.25, 0.3) is 11.8 Å². The van der Waals surface area contributed by atoms with E-state index in [1.807, 2.05) is 18.2 Å². The summed E-state index contributed by atoms with van der Waals surface area (Å²) in [5.74, 6) is -3.38. The second-order valence-electron chi connectivity index (χ2n) is 7.28. The smallest absolute Gasteiger partial charge is 0.271 e. The molecule has 1 amide bonds. The fraction of sp³-hybridized carbons (Fsp3) is 0.300. The average molecular weight is 413 g/mol. The second-order valence-corrected chi connectivity index (χ2v) is 7.28. The van der Waals surface area contributed by atoms with Gasteiger partial charge in [-0.3, -0.25) is 9.78 Å². The number of benzene rings is 1. The predicted molar refractivity (Wildman–Crippen MR) is 110 cm³/mol. The summed E-state index contributed by atoms with van der Waals surface area (Å²) in [6, 6.07) is 7.21. The quantitative estimate of drug-likeness (QED) is 0.506. The number of alkyl halides is 2. The number of carbonyl (C=O) groups excluding carboxylic acids is 1. The highest BCUT2D eigenvalue weighted by molar-refractivity contribution is 5.96. The highest BCUT2D eigenvalue weighted by Crippen LogP contribution is 2.34. The largest absolute Gasteiger partial charge is 0.364 e. The van der Waals surface area contributed by atoms with Crippen molar-refractivity contribution in [1.82, 2.24) is 15.0 Å². The van der Waals surface area contributed by atoms with Crippen LogP contribution in [0.4, 0.5) is 26.1 Å². The van der Waals surface area contributed by atoms with Crippen molar-refractivity contribution < 1.29 is 13.6 Å². The van der Waals surface area contributed by atoms with Gasteiger partial charge in [-0.1, -0.05) is 12.1 Å². The van der Waals surface area contributed by atoms with Crippen molar-refractivity contribution >= 4 is 34.1 Å².